The van der Waals surface area contributed by atoms with Crippen molar-refractivity contribution in [1.82, 2.24) is 19.4 Å². The minimum absolute atomic E-state index is 0. The minimum Gasteiger partial charge on any atom is -0.512 e. The normalized spacial score (nSPS) is 12.1. The third-order valence-corrected chi connectivity index (χ3v) is 7.64. The molecule has 0 aliphatic heterocycles. The first-order valence-electron chi connectivity index (χ1n) is 13.6. The number of pyridine rings is 2. The van der Waals surface area contributed by atoms with Crippen LogP contribution in [0.4, 0.5) is 0 Å². The molecule has 0 saturated carbocycles. The van der Waals surface area contributed by atoms with Crippen LogP contribution in [0.3, 0.4) is 0 Å². The SMILES string of the molecule is CCC(CC)C(=O)/C=C(\O)C(CC)CC.[Ir].c1ccc2nc3c(cc2c1)c1cccc2nc4ccnc3n4c21. The van der Waals surface area contributed by atoms with E-state index in [1.807, 2.05) is 58.2 Å². The second kappa shape index (κ2) is 12.2. The maximum Gasteiger partial charge on any atom is 0.165 e. The predicted octanol–water partition coefficient (Wildman–Crippen LogP) is 8.04. The molecule has 0 bridgehead atoms. The molecule has 0 saturated heterocycles. The van der Waals surface area contributed by atoms with E-state index in [1.54, 1.807) is 0 Å². The van der Waals surface area contributed by atoms with Gasteiger partial charge in [-0.3, -0.25) is 9.20 Å². The molecule has 6 rings (SSSR count). The van der Waals surface area contributed by atoms with Crippen molar-refractivity contribution in [2.75, 3.05) is 0 Å². The molecule has 0 aliphatic carbocycles. The van der Waals surface area contributed by atoms with Gasteiger partial charge in [-0.15, -0.1) is 0 Å². The van der Waals surface area contributed by atoms with Gasteiger partial charge in [0.25, 0.3) is 0 Å². The van der Waals surface area contributed by atoms with Crippen LogP contribution in [-0.2, 0) is 24.9 Å². The fourth-order valence-electron chi connectivity index (χ4n) is 5.36. The van der Waals surface area contributed by atoms with Gasteiger partial charge in [0.15, 0.2) is 11.4 Å². The van der Waals surface area contributed by atoms with Crippen molar-refractivity contribution in [2.45, 2.75) is 53.4 Å². The summed E-state index contributed by atoms with van der Waals surface area (Å²) in [5.41, 5.74) is 5.81. The van der Waals surface area contributed by atoms with Crippen LogP contribution in [0.1, 0.15) is 53.4 Å². The minimum atomic E-state index is 0. The van der Waals surface area contributed by atoms with Crippen molar-refractivity contribution in [2.24, 2.45) is 11.8 Å². The number of ketones is 1. The Labute approximate surface area is 241 Å². The van der Waals surface area contributed by atoms with Crippen LogP contribution in [-0.4, -0.2) is 30.2 Å². The van der Waals surface area contributed by atoms with Gasteiger partial charge in [-0.1, -0.05) is 58.0 Å². The van der Waals surface area contributed by atoms with Gasteiger partial charge in [0.05, 0.1) is 22.3 Å². The Bertz CT molecular complexity index is 1660. The number of hydrogen-bond acceptors (Lipinski definition) is 5. The molecule has 4 heterocycles. The number of hydrogen-bond donors (Lipinski definition) is 1. The first-order chi connectivity index (χ1) is 18.5. The van der Waals surface area contributed by atoms with Crippen LogP contribution in [0.15, 0.2) is 72.6 Å². The number of para-hydroxylation sites is 2. The van der Waals surface area contributed by atoms with Gasteiger partial charge < -0.3 is 5.11 Å². The van der Waals surface area contributed by atoms with E-state index in [2.05, 4.69) is 39.7 Å². The summed E-state index contributed by atoms with van der Waals surface area (Å²) in [6.45, 7) is 8.07. The Balaban J connectivity index is 0.000000196. The zero-order valence-corrected chi connectivity index (χ0v) is 25.2. The van der Waals surface area contributed by atoms with Crippen LogP contribution < -0.4 is 0 Å². The largest absolute Gasteiger partial charge is 0.512 e. The first kappa shape index (κ1) is 28.6. The summed E-state index contributed by atoms with van der Waals surface area (Å²) >= 11 is 0. The number of aromatic nitrogens is 4. The number of carbonyl (C=O) groups is 1. The molecule has 2 aromatic carbocycles. The number of aliphatic hydroxyl groups excluding tert-OH is 1. The van der Waals surface area contributed by atoms with Crippen LogP contribution in [0, 0.1) is 11.8 Å². The molecule has 0 amide bonds. The molecule has 0 spiro atoms. The molecule has 1 radical (unpaired) electrons. The van der Waals surface area contributed by atoms with E-state index in [0.717, 1.165) is 69.8 Å². The second-order valence-electron chi connectivity index (χ2n) is 9.82. The predicted molar refractivity (Wildman–Crippen MR) is 156 cm³/mol. The summed E-state index contributed by atoms with van der Waals surface area (Å²) in [4.78, 5) is 25.9. The van der Waals surface area contributed by atoms with Gasteiger partial charge >= 0.3 is 0 Å². The maximum absolute atomic E-state index is 11.7. The number of rotatable bonds is 7. The molecule has 0 aliphatic rings. The average molecular weight is 699 g/mol. The number of fused-ring (bicyclic) bond motifs is 4. The Hall–Kier alpha value is -3.41. The van der Waals surface area contributed by atoms with Gasteiger partial charge in [0, 0.05) is 60.4 Å². The molecule has 0 unspecified atom stereocenters. The molecule has 1 N–H and O–H groups in total. The average Bonchev–Trinajstić information content (AvgIpc) is 3.33. The van der Waals surface area contributed by atoms with E-state index in [-0.39, 0.29) is 43.5 Å². The van der Waals surface area contributed by atoms with Crippen molar-refractivity contribution in [3.8, 4) is 0 Å². The molecular weight excluding hydrogens is 665 g/mol. The molecule has 7 heteroatoms. The Morgan fingerprint density at radius 3 is 2.28 bits per heavy atom. The molecule has 6 nitrogen and oxygen atoms in total. The number of nitrogens with zero attached hydrogens (tertiary/aromatic N) is 4. The molecule has 4 aromatic heterocycles. The molecule has 0 fully saturated rings. The topological polar surface area (TPSA) is 80.4 Å². The molecule has 0 atom stereocenters. The zero-order valence-electron chi connectivity index (χ0n) is 22.8. The van der Waals surface area contributed by atoms with E-state index in [0.29, 0.717) is 0 Å². The smallest absolute Gasteiger partial charge is 0.165 e. The Morgan fingerprint density at radius 2 is 1.56 bits per heavy atom. The number of aliphatic hydroxyl groups is 1. The summed E-state index contributed by atoms with van der Waals surface area (Å²) < 4.78 is 2.12. The van der Waals surface area contributed by atoms with Crippen LogP contribution in [0.25, 0.3) is 49.5 Å². The summed E-state index contributed by atoms with van der Waals surface area (Å²) in [5, 5.41) is 13.2. The Morgan fingerprint density at radius 1 is 0.872 bits per heavy atom. The number of allylic oxidation sites excluding steroid dienone is 2. The van der Waals surface area contributed by atoms with Gasteiger partial charge in [0.1, 0.15) is 11.2 Å². The second-order valence-corrected chi connectivity index (χ2v) is 9.82. The van der Waals surface area contributed by atoms with E-state index in [1.165, 1.54) is 11.5 Å². The molecule has 6 aromatic rings. The van der Waals surface area contributed by atoms with Gasteiger partial charge in [-0.2, -0.15) is 0 Å². The monoisotopic (exact) mass is 699 g/mol. The van der Waals surface area contributed by atoms with Crippen LogP contribution in [0.2, 0.25) is 0 Å². The molecule has 39 heavy (non-hydrogen) atoms. The number of imidazole rings is 1. The molecule has 203 valence electrons. The van der Waals surface area contributed by atoms with E-state index in [4.69, 9.17) is 9.97 Å². The quantitative estimate of drug-likeness (QED) is 0.0791. The fraction of sp³-hybridized carbons (Fsp3) is 0.312. The summed E-state index contributed by atoms with van der Waals surface area (Å²) in [7, 11) is 0. The molecular formula is C32H34IrN4O2. The Kier molecular flexibility index (Phi) is 8.93. The summed E-state index contributed by atoms with van der Waals surface area (Å²) in [5.74, 6) is 0.547. The van der Waals surface area contributed by atoms with Crippen LogP contribution >= 0.6 is 0 Å². The van der Waals surface area contributed by atoms with E-state index < -0.39 is 0 Å². The van der Waals surface area contributed by atoms with Gasteiger partial charge in [-0.25, -0.2) is 15.0 Å². The number of carbonyl (C=O) groups excluding carboxylic acids is 1. The third-order valence-electron chi connectivity index (χ3n) is 7.64. The van der Waals surface area contributed by atoms with Crippen molar-refractivity contribution < 1.29 is 30.0 Å². The maximum atomic E-state index is 11.7. The van der Waals surface area contributed by atoms with E-state index in [9.17, 15) is 9.90 Å². The van der Waals surface area contributed by atoms with Crippen molar-refractivity contribution >= 4 is 55.3 Å². The zero-order chi connectivity index (χ0) is 26.8. The first-order valence-corrected chi connectivity index (χ1v) is 13.6. The number of benzene rings is 2. The third kappa shape index (κ3) is 5.26. The van der Waals surface area contributed by atoms with Gasteiger partial charge in [-0.05, 0) is 49.9 Å². The summed E-state index contributed by atoms with van der Waals surface area (Å²) in [6, 6.07) is 18.6. The fourth-order valence-corrected chi connectivity index (χ4v) is 5.36. The van der Waals surface area contributed by atoms with Crippen molar-refractivity contribution in [1.29, 1.82) is 0 Å². The van der Waals surface area contributed by atoms with Crippen molar-refractivity contribution in [3.63, 3.8) is 0 Å². The van der Waals surface area contributed by atoms with Crippen LogP contribution in [0.5, 0.6) is 0 Å². The summed E-state index contributed by atoms with van der Waals surface area (Å²) in [6.07, 6.45) is 6.71. The van der Waals surface area contributed by atoms with Gasteiger partial charge in [0.2, 0.25) is 0 Å². The van der Waals surface area contributed by atoms with Crippen molar-refractivity contribution in [3.05, 3.63) is 72.6 Å². The standard InChI is InChI=1S/C19H10N4.C13H24O2.Ir/c1-2-6-14-11(4-1)10-13-12-5-3-7-15-18(12)23-16(21-15)8-9-20-19(23)17(13)22-14;1-5-10(6-2)12(14)9-13(15)11(7-3)8-4;/h1-10H;9-11,14H,5-8H2,1-4H3;/b;12-9-;. The van der Waals surface area contributed by atoms with E-state index >= 15 is 0 Å².